The van der Waals surface area contributed by atoms with Crippen LogP contribution in [0.15, 0.2) is 54.7 Å². The van der Waals surface area contributed by atoms with Crippen LogP contribution in [-0.2, 0) is 4.74 Å². The second-order valence-corrected chi connectivity index (χ2v) is 6.06. The van der Waals surface area contributed by atoms with Crippen molar-refractivity contribution in [3.8, 4) is 22.8 Å². The van der Waals surface area contributed by atoms with Crippen molar-refractivity contribution < 1.29 is 66.0 Å². The fourth-order valence-electron chi connectivity index (χ4n) is 3.06. The van der Waals surface area contributed by atoms with Crippen molar-refractivity contribution in [3.63, 3.8) is 0 Å². The standard InChI is InChI=1S/C20H18N4O3.K/c25-20(26)16-17(14-6-2-1-3-7-14)22-18(15-8-4-5-9-21-15)23-19(16)24-10-12-27-13-11-24;/h1-9H,10-13H2,(H,25,26);/q;+1/p-1. The number of hydrogen-bond donors (Lipinski definition) is 0. The second kappa shape index (κ2) is 9.68. The quantitative estimate of drug-likeness (QED) is 0.488. The fourth-order valence-corrected chi connectivity index (χ4v) is 3.06. The predicted octanol–water partition coefficient (Wildman–Crippen LogP) is -1.59. The monoisotopic (exact) mass is 400 g/mol. The van der Waals surface area contributed by atoms with Crippen LogP contribution in [0.5, 0.6) is 0 Å². The molecule has 1 aromatic carbocycles. The van der Waals surface area contributed by atoms with Gasteiger partial charge in [0.1, 0.15) is 11.5 Å². The van der Waals surface area contributed by atoms with Crippen molar-refractivity contribution in [1.82, 2.24) is 15.0 Å². The number of rotatable bonds is 4. The van der Waals surface area contributed by atoms with Gasteiger partial charge in [-0.2, -0.15) is 0 Å². The first-order chi connectivity index (χ1) is 13.2. The van der Waals surface area contributed by atoms with Gasteiger partial charge < -0.3 is 19.5 Å². The van der Waals surface area contributed by atoms with Crippen molar-refractivity contribution in [2.45, 2.75) is 0 Å². The molecule has 7 nitrogen and oxygen atoms in total. The van der Waals surface area contributed by atoms with Crippen LogP contribution in [0.25, 0.3) is 22.8 Å². The number of carbonyl (C=O) groups is 1. The maximum absolute atomic E-state index is 12.0. The minimum absolute atomic E-state index is 0. The van der Waals surface area contributed by atoms with E-state index in [9.17, 15) is 9.90 Å². The summed E-state index contributed by atoms with van der Waals surface area (Å²) < 4.78 is 5.39. The molecule has 8 heteroatoms. The van der Waals surface area contributed by atoms with E-state index in [2.05, 4.69) is 15.0 Å². The molecule has 3 heterocycles. The Bertz CT molecular complexity index is 948. The van der Waals surface area contributed by atoms with Crippen LogP contribution in [0, 0.1) is 0 Å². The van der Waals surface area contributed by atoms with Gasteiger partial charge in [0.2, 0.25) is 0 Å². The summed E-state index contributed by atoms with van der Waals surface area (Å²) in [6.45, 7) is 2.12. The molecule has 0 bridgehead atoms. The minimum Gasteiger partial charge on any atom is -0.545 e. The van der Waals surface area contributed by atoms with Crippen molar-refractivity contribution in [3.05, 3.63) is 60.3 Å². The van der Waals surface area contributed by atoms with E-state index in [4.69, 9.17) is 4.74 Å². The molecule has 0 saturated carbocycles. The molecule has 0 atom stereocenters. The molecule has 3 aromatic rings. The number of benzene rings is 1. The maximum atomic E-state index is 12.0. The first kappa shape index (κ1) is 21.0. The van der Waals surface area contributed by atoms with E-state index in [1.54, 1.807) is 18.3 Å². The van der Waals surface area contributed by atoms with E-state index in [0.29, 0.717) is 54.9 Å². The molecule has 1 fully saturated rings. The third kappa shape index (κ3) is 4.48. The van der Waals surface area contributed by atoms with Crippen LogP contribution < -0.4 is 61.4 Å². The van der Waals surface area contributed by atoms with Crippen LogP contribution in [0.3, 0.4) is 0 Å². The number of pyridine rings is 1. The van der Waals surface area contributed by atoms with Gasteiger partial charge in [-0.1, -0.05) is 36.4 Å². The molecule has 0 aliphatic carbocycles. The molecule has 0 amide bonds. The first-order valence-electron chi connectivity index (χ1n) is 8.67. The van der Waals surface area contributed by atoms with E-state index in [1.165, 1.54) is 0 Å². The van der Waals surface area contributed by atoms with Crippen molar-refractivity contribution in [1.29, 1.82) is 0 Å². The van der Waals surface area contributed by atoms with Gasteiger partial charge in [-0.05, 0) is 12.1 Å². The summed E-state index contributed by atoms with van der Waals surface area (Å²) in [5.41, 5.74) is 1.58. The molecule has 0 spiro atoms. The molecule has 2 aromatic heterocycles. The fraction of sp³-hybridized carbons (Fsp3) is 0.200. The minimum atomic E-state index is -1.30. The van der Waals surface area contributed by atoms with Crippen LogP contribution in [0.4, 0.5) is 5.82 Å². The van der Waals surface area contributed by atoms with Gasteiger partial charge in [0.05, 0.1) is 30.4 Å². The summed E-state index contributed by atoms with van der Waals surface area (Å²) in [4.78, 5) is 27.3. The SMILES string of the molecule is O=C([O-])c1c(-c2ccccc2)nc(-c2ccccn2)nc1N1CCOCC1.[K+]. The molecule has 4 rings (SSSR count). The number of anilines is 1. The molecule has 1 aliphatic heterocycles. The van der Waals surface area contributed by atoms with E-state index >= 15 is 0 Å². The molecule has 0 unspecified atom stereocenters. The topological polar surface area (TPSA) is 91.3 Å². The van der Waals surface area contributed by atoms with E-state index < -0.39 is 5.97 Å². The summed E-state index contributed by atoms with van der Waals surface area (Å²) in [7, 11) is 0. The molecule has 28 heavy (non-hydrogen) atoms. The molecular weight excluding hydrogens is 383 g/mol. The van der Waals surface area contributed by atoms with Gasteiger partial charge in [-0.3, -0.25) is 4.98 Å². The number of ether oxygens (including phenoxy) is 1. The van der Waals surface area contributed by atoms with Gasteiger partial charge in [0.15, 0.2) is 5.82 Å². The Hall–Kier alpha value is -1.68. The third-order valence-electron chi connectivity index (χ3n) is 4.35. The molecule has 1 aliphatic rings. The largest absolute Gasteiger partial charge is 1.00 e. The average molecular weight is 400 g/mol. The van der Waals surface area contributed by atoms with Gasteiger partial charge in [0, 0.05) is 24.8 Å². The second-order valence-electron chi connectivity index (χ2n) is 6.06. The Morgan fingerprint density at radius 2 is 1.71 bits per heavy atom. The smallest absolute Gasteiger partial charge is 0.545 e. The van der Waals surface area contributed by atoms with Gasteiger partial charge in [0.25, 0.3) is 0 Å². The van der Waals surface area contributed by atoms with E-state index in [0.717, 1.165) is 0 Å². The maximum Gasteiger partial charge on any atom is 1.00 e. The summed E-state index contributed by atoms with van der Waals surface area (Å²) in [6.07, 6.45) is 1.65. The van der Waals surface area contributed by atoms with Gasteiger partial charge in [-0.15, -0.1) is 0 Å². The van der Waals surface area contributed by atoms with Crippen LogP contribution in [0.2, 0.25) is 0 Å². The number of morpholine rings is 1. The number of carbonyl (C=O) groups excluding carboxylic acids is 1. The van der Waals surface area contributed by atoms with Gasteiger partial charge >= 0.3 is 51.4 Å². The molecule has 0 N–H and O–H groups in total. The zero-order valence-electron chi connectivity index (χ0n) is 15.5. The van der Waals surface area contributed by atoms with E-state index in [-0.39, 0.29) is 56.9 Å². The number of nitrogens with zero attached hydrogens (tertiary/aromatic N) is 4. The Labute approximate surface area is 205 Å². The van der Waals surface area contributed by atoms with Crippen LogP contribution >= 0.6 is 0 Å². The predicted molar refractivity (Wildman–Crippen MR) is 98.1 cm³/mol. The van der Waals surface area contributed by atoms with Gasteiger partial charge in [-0.25, -0.2) is 9.97 Å². The number of carboxylic acid groups (broad SMARTS) is 1. The Morgan fingerprint density at radius 1 is 1.00 bits per heavy atom. The number of carboxylic acids is 1. The zero-order chi connectivity index (χ0) is 18.6. The summed E-state index contributed by atoms with van der Waals surface area (Å²) in [5, 5.41) is 12.0. The first-order valence-corrected chi connectivity index (χ1v) is 8.67. The third-order valence-corrected chi connectivity index (χ3v) is 4.35. The van der Waals surface area contributed by atoms with Crippen molar-refractivity contribution in [2.24, 2.45) is 0 Å². The van der Waals surface area contributed by atoms with Crippen molar-refractivity contribution in [2.75, 3.05) is 31.2 Å². The number of aromatic nitrogens is 3. The molecule has 136 valence electrons. The summed E-state index contributed by atoms with van der Waals surface area (Å²) in [6, 6.07) is 14.6. The zero-order valence-corrected chi connectivity index (χ0v) is 18.7. The number of hydrogen-bond acceptors (Lipinski definition) is 7. The van der Waals surface area contributed by atoms with E-state index in [1.807, 2.05) is 41.3 Å². The molecule has 0 radical (unpaired) electrons. The van der Waals surface area contributed by atoms with Crippen LogP contribution in [-0.4, -0.2) is 47.2 Å². The average Bonchev–Trinajstić information content (AvgIpc) is 2.74. The summed E-state index contributed by atoms with van der Waals surface area (Å²) in [5.74, 6) is -0.586. The summed E-state index contributed by atoms with van der Waals surface area (Å²) >= 11 is 0. The Morgan fingerprint density at radius 3 is 2.36 bits per heavy atom. The Balaban J connectivity index is 0.00000225. The molecular formula is C20H17KN4O3. The van der Waals surface area contributed by atoms with Crippen molar-refractivity contribution >= 4 is 11.8 Å². The Kier molecular flexibility index (Phi) is 7.28. The van der Waals surface area contributed by atoms with Crippen LogP contribution in [0.1, 0.15) is 10.4 Å². The number of aromatic carboxylic acids is 1. The normalized spacial score (nSPS) is 13.6. The molecule has 1 saturated heterocycles.